The molecule has 0 unspecified atom stereocenters. The van der Waals surface area contributed by atoms with Crippen LogP contribution < -0.4 is 5.32 Å². The van der Waals surface area contributed by atoms with Gasteiger partial charge in [0.2, 0.25) is 11.0 Å². The molecule has 24 heavy (non-hydrogen) atoms. The Balaban J connectivity index is 1.51. The molecule has 1 saturated carbocycles. The third kappa shape index (κ3) is 2.87. The molecule has 1 amide bonds. The summed E-state index contributed by atoms with van der Waals surface area (Å²) in [7, 11) is 0. The molecule has 0 radical (unpaired) electrons. The monoisotopic (exact) mass is 378 g/mol. The van der Waals surface area contributed by atoms with Crippen LogP contribution >= 0.6 is 34.4 Å². The number of thiophene rings is 1. The minimum Gasteiger partial charge on any atom is -0.355 e. The van der Waals surface area contributed by atoms with E-state index in [0.717, 1.165) is 27.8 Å². The molecule has 0 saturated heterocycles. The van der Waals surface area contributed by atoms with Crippen LogP contribution in [0.3, 0.4) is 0 Å². The summed E-state index contributed by atoms with van der Waals surface area (Å²) in [6.45, 7) is 2.05. The highest BCUT2D eigenvalue weighted by atomic mass is 32.2. The number of aromatic nitrogens is 3. The molecule has 1 aliphatic carbocycles. The number of anilines is 1. The molecule has 1 N–H and O–H groups in total. The molecule has 124 valence electrons. The van der Waals surface area contributed by atoms with Gasteiger partial charge >= 0.3 is 0 Å². The zero-order valence-electron chi connectivity index (χ0n) is 12.8. The summed E-state index contributed by atoms with van der Waals surface area (Å²) in [4.78, 5) is 13.7. The first kappa shape index (κ1) is 15.8. The van der Waals surface area contributed by atoms with Gasteiger partial charge in [0, 0.05) is 6.07 Å². The van der Waals surface area contributed by atoms with Gasteiger partial charge < -0.3 is 4.52 Å². The van der Waals surface area contributed by atoms with Crippen molar-refractivity contribution in [3.05, 3.63) is 29.3 Å². The molecule has 0 aromatic carbocycles. The molecule has 1 aliphatic rings. The molecule has 0 atom stereocenters. The number of hydrogen-bond acceptors (Lipinski definition) is 8. The Morgan fingerprint density at radius 1 is 1.46 bits per heavy atom. The van der Waals surface area contributed by atoms with Gasteiger partial charge in [-0.1, -0.05) is 41.2 Å². The molecule has 0 bridgehead atoms. The molecule has 0 spiro atoms. The summed E-state index contributed by atoms with van der Waals surface area (Å²) in [6.07, 6.45) is 1.54. The Kier molecular flexibility index (Phi) is 4.15. The molecule has 3 aromatic rings. The highest BCUT2D eigenvalue weighted by Gasteiger charge is 2.54. The number of thioether (sulfide) groups is 1. The van der Waals surface area contributed by atoms with Gasteiger partial charge in [-0.15, -0.1) is 21.5 Å². The van der Waals surface area contributed by atoms with Gasteiger partial charge in [0.25, 0.3) is 0 Å². The maximum Gasteiger partial charge on any atom is 0.238 e. The lowest BCUT2D eigenvalue weighted by molar-refractivity contribution is -0.118. The second kappa shape index (κ2) is 6.30. The maximum atomic E-state index is 12.7. The van der Waals surface area contributed by atoms with E-state index in [1.165, 1.54) is 11.3 Å². The molecular formula is C15H14N4O2S3. The lowest BCUT2D eigenvalue weighted by Gasteiger charge is -2.09. The van der Waals surface area contributed by atoms with E-state index in [4.69, 9.17) is 4.52 Å². The highest BCUT2D eigenvalue weighted by Crippen LogP contribution is 2.49. The largest absolute Gasteiger partial charge is 0.355 e. The average molecular weight is 379 g/mol. The fourth-order valence-electron chi connectivity index (χ4n) is 2.42. The molecule has 0 aliphatic heterocycles. The van der Waals surface area contributed by atoms with Crippen molar-refractivity contribution in [2.75, 3.05) is 11.1 Å². The first-order chi connectivity index (χ1) is 11.7. The smallest absolute Gasteiger partial charge is 0.238 e. The fourth-order valence-corrected chi connectivity index (χ4v) is 4.74. The van der Waals surface area contributed by atoms with Crippen LogP contribution in [0, 0.1) is 0 Å². The predicted molar refractivity (Wildman–Crippen MR) is 95.7 cm³/mol. The van der Waals surface area contributed by atoms with Crippen molar-refractivity contribution in [2.24, 2.45) is 0 Å². The first-order valence-corrected chi connectivity index (χ1v) is 10.2. The Morgan fingerprint density at radius 2 is 2.33 bits per heavy atom. The number of nitrogens with zero attached hydrogens (tertiary/aromatic N) is 3. The number of amides is 1. The third-order valence-corrected chi connectivity index (χ3v) is 6.58. The normalized spacial score (nSPS) is 15.4. The Labute approximate surface area is 150 Å². The van der Waals surface area contributed by atoms with Gasteiger partial charge in [0.1, 0.15) is 0 Å². The maximum absolute atomic E-state index is 12.7. The van der Waals surface area contributed by atoms with Crippen molar-refractivity contribution in [3.8, 4) is 10.6 Å². The van der Waals surface area contributed by atoms with Crippen molar-refractivity contribution in [1.82, 2.24) is 15.4 Å². The van der Waals surface area contributed by atoms with Gasteiger partial charge in [0.05, 0.1) is 16.0 Å². The van der Waals surface area contributed by atoms with E-state index in [-0.39, 0.29) is 5.91 Å². The third-order valence-electron chi connectivity index (χ3n) is 3.84. The summed E-state index contributed by atoms with van der Waals surface area (Å²) < 4.78 is 6.28. The van der Waals surface area contributed by atoms with Crippen LogP contribution in [0.1, 0.15) is 25.5 Å². The second-order valence-electron chi connectivity index (χ2n) is 5.40. The summed E-state index contributed by atoms with van der Waals surface area (Å²) >= 11 is 4.59. The van der Waals surface area contributed by atoms with Crippen molar-refractivity contribution >= 4 is 45.5 Å². The van der Waals surface area contributed by atoms with Gasteiger partial charge in [-0.3, -0.25) is 10.1 Å². The first-order valence-electron chi connectivity index (χ1n) is 7.50. The molecule has 4 rings (SSSR count). The van der Waals surface area contributed by atoms with Gasteiger partial charge in [-0.25, -0.2) is 0 Å². The van der Waals surface area contributed by atoms with Crippen LogP contribution in [0.4, 0.5) is 5.13 Å². The predicted octanol–water partition coefficient (Wildman–Crippen LogP) is 4.04. The molecule has 1 fully saturated rings. The van der Waals surface area contributed by atoms with E-state index in [1.807, 2.05) is 23.6 Å². The van der Waals surface area contributed by atoms with E-state index >= 15 is 0 Å². The van der Waals surface area contributed by atoms with Crippen LogP contribution in [0.25, 0.3) is 10.6 Å². The number of nitrogens with one attached hydrogen (secondary N) is 1. The quantitative estimate of drug-likeness (QED) is 0.515. The molecule has 9 heteroatoms. The number of carbonyl (C=O) groups is 1. The van der Waals surface area contributed by atoms with Crippen molar-refractivity contribution in [3.63, 3.8) is 0 Å². The van der Waals surface area contributed by atoms with E-state index in [1.54, 1.807) is 23.1 Å². The topological polar surface area (TPSA) is 80.9 Å². The summed E-state index contributed by atoms with van der Waals surface area (Å²) in [5.41, 5.74) is 0.0963. The van der Waals surface area contributed by atoms with Crippen molar-refractivity contribution in [1.29, 1.82) is 0 Å². The van der Waals surface area contributed by atoms with Crippen molar-refractivity contribution < 1.29 is 9.32 Å². The van der Waals surface area contributed by atoms with Crippen LogP contribution in [0.15, 0.2) is 32.4 Å². The zero-order valence-corrected chi connectivity index (χ0v) is 15.3. The minimum absolute atomic E-state index is 0.0854. The fraction of sp³-hybridized carbons (Fsp3) is 0.333. The lowest BCUT2D eigenvalue weighted by atomic mass is 10.0. The zero-order chi connectivity index (χ0) is 16.6. The summed E-state index contributed by atoms with van der Waals surface area (Å²) in [5, 5.41) is 17.6. The number of hydrogen-bond donors (Lipinski definition) is 1. The Morgan fingerprint density at radius 3 is 3.04 bits per heavy atom. The SMILES string of the molecule is CCSc1nnc(NC(=O)C2(c3cc(-c4cccs4)on3)CC2)s1. The standard InChI is InChI=1S/C15H14N4O2S3/c1-2-22-14-18-17-13(24-14)16-12(20)15(5-6-15)11-8-9(21-19-11)10-4-3-7-23-10/h3-4,7-8H,2,5-6H2,1H3,(H,16,17,20). The highest BCUT2D eigenvalue weighted by molar-refractivity contribution is 8.01. The Bertz CT molecular complexity index is 852. The van der Waals surface area contributed by atoms with Crippen molar-refractivity contribution in [2.45, 2.75) is 29.5 Å². The van der Waals surface area contributed by atoms with Crippen LogP contribution in [-0.2, 0) is 10.2 Å². The lowest BCUT2D eigenvalue weighted by Crippen LogP contribution is -2.28. The second-order valence-corrected chi connectivity index (χ2v) is 8.83. The van der Waals surface area contributed by atoms with E-state index in [2.05, 4.69) is 27.6 Å². The van der Waals surface area contributed by atoms with Gasteiger partial charge in [-0.2, -0.15) is 0 Å². The summed E-state index contributed by atoms with van der Waals surface area (Å²) in [6, 6.07) is 5.81. The minimum atomic E-state index is -0.595. The molecule has 6 nitrogen and oxygen atoms in total. The summed E-state index contributed by atoms with van der Waals surface area (Å²) in [5.74, 6) is 1.55. The Hall–Kier alpha value is -1.71. The van der Waals surface area contributed by atoms with Gasteiger partial charge in [0.15, 0.2) is 10.1 Å². The van der Waals surface area contributed by atoms with Crippen LogP contribution in [0.2, 0.25) is 0 Å². The molecular weight excluding hydrogens is 364 g/mol. The van der Waals surface area contributed by atoms with Crippen LogP contribution in [0.5, 0.6) is 0 Å². The van der Waals surface area contributed by atoms with E-state index < -0.39 is 5.41 Å². The van der Waals surface area contributed by atoms with Gasteiger partial charge in [-0.05, 0) is 30.0 Å². The number of rotatable bonds is 6. The van der Waals surface area contributed by atoms with Crippen LogP contribution in [-0.4, -0.2) is 27.0 Å². The molecule has 3 heterocycles. The average Bonchev–Trinajstić information content (AvgIpc) is 3.02. The molecule has 3 aromatic heterocycles. The van der Waals surface area contributed by atoms with E-state index in [0.29, 0.717) is 16.6 Å². The van der Waals surface area contributed by atoms with E-state index in [9.17, 15) is 4.79 Å². The number of carbonyl (C=O) groups excluding carboxylic acids is 1.